The zero-order valence-corrected chi connectivity index (χ0v) is 12.0. The molecule has 0 N–H and O–H groups in total. The molecule has 6 nitrogen and oxygen atoms in total. The van der Waals surface area contributed by atoms with Gasteiger partial charge in [-0.1, -0.05) is 12.2 Å². The standard InChI is InChI=1S/C14H18O6/c1-5-10(11(15)18-2)9-6-7-14(8-9,12(16)19-3)13(17)20-4/h5-6H,7-8H2,1-4H3/b10-5+. The number of esters is 3. The molecule has 0 heterocycles. The zero-order chi connectivity index (χ0) is 15.3. The molecule has 6 heteroatoms. The lowest BCUT2D eigenvalue weighted by atomic mass is 9.83. The van der Waals surface area contributed by atoms with Crippen LogP contribution >= 0.6 is 0 Å². The molecule has 0 spiro atoms. The number of carbonyl (C=O) groups is 3. The lowest BCUT2D eigenvalue weighted by molar-refractivity contribution is -0.168. The fourth-order valence-corrected chi connectivity index (χ4v) is 2.30. The predicted octanol–water partition coefficient (Wildman–Crippen LogP) is 1.16. The molecule has 0 bridgehead atoms. The van der Waals surface area contributed by atoms with Gasteiger partial charge in [-0.05, 0) is 18.9 Å². The number of hydrogen-bond donors (Lipinski definition) is 0. The van der Waals surface area contributed by atoms with E-state index in [-0.39, 0.29) is 12.8 Å². The minimum Gasteiger partial charge on any atom is -0.468 e. The molecule has 20 heavy (non-hydrogen) atoms. The second-order valence-electron chi connectivity index (χ2n) is 4.37. The quantitative estimate of drug-likeness (QED) is 0.333. The molecule has 0 saturated heterocycles. The summed E-state index contributed by atoms with van der Waals surface area (Å²) in [6, 6.07) is 0. The van der Waals surface area contributed by atoms with Gasteiger partial charge >= 0.3 is 17.9 Å². The van der Waals surface area contributed by atoms with E-state index in [1.165, 1.54) is 21.3 Å². The van der Waals surface area contributed by atoms with E-state index >= 15 is 0 Å². The van der Waals surface area contributed by atoms with Gasteiger partial charge in [0.05, 0.1) is 26.9 Å². The zero-order valence-electron chi connectivity index (χ0n) is 12.0. The first-order chi connectivity index (χ1) is 9.46. The summed E-state index contributed by atoms with van der Waals surface area (Å²) in [4.78, 5) is 35.5. The Kier molecular flexibility index (Phi) is 5.07. The summed E-state index contributed by atoms with van der Waals surface area (Å²) in [5, 5.41) is 0. The molecule has 0 aliphatic heterocycles. The van der Waals surface area contributed by atoms with Crippen LogP contribution in [-0.4, -0.2) is 39.2 Å². The second kappa shape index (κ2) is 6.36. The Bertz CT molecular complexity index is 470. The highest BCUT2D eigenvalue weighted by Crippen LogP contribution is 2.42. The van der Waals surface area contributed by atoms with Crippen molar-refractivity contribution in [1.29, 1.82) is 0 Å². The highest BCUT2D eigenvalue weighted by atomic mass is 16.5. The second-order valence-corrected chi connectivity index (χ2v) is 4.37. The van der Waals surface area contributed by atoms with Crippen molar-refractivity contribution in [2.75, 3.05) is 21.3 Å². The summed E-state index contributed by atoms with van der Waals surface area (Å²) in [6.45, 7) is 1.68. The van der Waals surface area contributed by atoms with Crippen LogP contribution in [0.15, 0.2) is 23.3 Å². The summed E-state index contributed by atoms with van der Waals surface area (Å²) < 4.78 is 14.1. The van der Waals surface area contributed by atoms with Gasteiger partial charge in [0, 0.05) is 6.42 Å². The van der Waals surface area contributed by atoms with Crippen molar-refractivity contribution in [3.8, 4) is 0 Å². The van der Waals surface area contributed by atoms with Crippen molar-refractivity contribution < 1.29 is 28.6 Å². The van der Waals surface area contributed by atoms with Gasteiger partial charge in [0.1, 0.15) is 0 Å². The molecular formula is C14H18O6. The number of ether oxygens (including phenoxy) is 3. The number of rotatable bonds is 4. The van der Waals surface area contributed by atoms with Crippen LogP contribution in [0.1, 0.15) is 19.8 Å². The van der Waals surface area contributed by atoms with Crippen molar-refractivity contribution in [2.45, 2.75) is 19.8 Å². The minimum absolute atomic E-state index is 0.0567. The summed E-state index contributed by atoms with van der Waals surface area (Å²) in [5.41, 5.74) is -0.501. The van der Waals surface area contributed by atoms with Gasteiger partial charge in [0.2, 0.25) is 0 Å². The number of allylic oxidation sites excluding steroid dienone is 2. The average molecular weight is 282 g/mol. The van der Waals surface area contributed by atoms with Crippen molar-refractivity contribution in [3.63, 3.8) is 0 Å². The van der Waals surface area contributed by atoms with E-state index in [0.717, 1.165) is 0 Å². The predicted molar refractivity (Wildman–Crippen MR) is 69.6 cm³/mol. The first-order valence-corrected chi connectivity index (χ1v) is 6.07. The Morgan fingerprint density at radius 3 is 2.05 bits per heavy atom. The van der Waals surface area contributed by atoms with Gasteiger partial charge in [-0.15, -0.1) is 0 Å². The van der Waals surface area contributed by atoms with E-state index in [4.69, 9.17) is 9.47 Å². The molecular weight excluding hydrogens is 264 g/mol. The van der Waals surface area contributed by atoms with Crippen LogP contribution in [0.5, 0.6) is 0 Å². The van der Waals surface area contributed by atoms with Crippen molar-refractivity contribution in [2.24, 2.45) is 5.41 Å². The maximum absolute atomic E-state index is 11.9. The minimum atomic E-state index is -1.42. The Morgan fingerprint density at radius 1 is 1.10 bits per heavy atom. The van der Waals surface area contributed by atoms with Crippen LogP contribution in [0.2, 0.25) is 0 Å². The molecule has 0 aromatic carbocycles. The van der Waals surface area contributed by atoms with Crippen molar-refractivity contribution in [1.82, 2.24) is 0 Å². The molecule has 110 valence electrons. The normalized spacial score (nSPS) is 17.2. The first-order valence-electron chi connectivity index (χ1n) is 6.07. The van der Waals surface area contributed by atoms with Gasteiger partial charge < -0.3 is 14.2 Å². The molecule has 0 saturated carbocycles. The number of methoxy groups -OCH3 is 3. The summed E-state index contributed by atoms with van der Waals surface area (Å²) >= 11 is 0. The third-order valence-corrected chi connectivity index (χ3v) is 3.38. The largest absolute Gasteiger partial charge is 0.468 e. The fraction of sp³-hybridized carbons (Fsp3) is 0.500. The van der Waals surface area contributed by atoms with Gasteiger partial charge in [-0.3, -0.25) is 9.59 Å². The third-order valence-electron chi connectivity index (χ3n) is 3.38. The highest BCUT2D eigenvalue weighted by molar-refractivity contribution is 6.02. The Balaban J connectivity index is 3.09. The van der Waals surface area contributed by atoms with Crippen LogP contribution in [0.25, 0.3) is 0 Å². The van der Waals surface area contributed by atoms with E-state index in [1.807, 2.05) is 0 Å². The molecule has 0 aromatic rings. The molecule has 0 amide bonds. The molecule has 1 rings (SSSR count). The molecule has 0 atom stereocenters. The topological polar surface area (TPSA) is 78.9 Å². The lowest BCUT2D eigenvalue weighted by Crippen LogP contribution is -2.39. The molecule has 0 fully saturated rings. The maximum Gasteiger partial charge on any atom is 0.337 e. The molecule has 1 aliphatic carbocycles. The van der Waals surface area contributed by atoms with E-state index in [1.54, 1.807) is 19.1 Å². The van der Waals surface area contributed by atoms with Crippen molar-refractivity contribution >= 4 is 17.9 Å². The van der Waals surface area contributed by atoms with E-state index in [9.17, 15) is 14.4 Å². The third kappa shape index (κ3) is 2.59. The Hall–Kier alpha value is -2.11. The van der Waals surface area contributed by atoms with Gasteiger partial charge in [0.25, 0.3) is 0 Å². The first kappa shape index (κ1) is 15.9. The van der Waals surface area contributed by atoms with Crippen LogP contribution in [0.3, 0.4) is 0 Å². The number of carbonyl (C=O) groups excluding carboxylic acids is 3. The summed E-state index contributed by atoms with van der Waals surface area (Å²) in [6.07, 6.45) is 3.44. The molecule has 0 aromatic heterocycles. The Morgan fingerprint density at radius 2 is 1.65 bits per heavy atom. The highest BCUT2D eigenvalue weighted by Gasteiger charge is 2.51. The summed E-state index contributed by atoms with van der Waals surface area (Å²) in [5.74, 6) is -1.85. The van der Waals surface area contributed by atoms with Crippen LogP contribution in [-0.2, 0) is 28.6 Å². The SMILES string of the molecule is C/C=C(/C(=O)OC)C1=CCC(C(=O)OC)(C(=O)OC)C1. The lowest BCUT2D eigenvalue weighted by Gasteiger charge is -2.23. The van der Waals surface area contributed by atoms with E-state index in [0.29, 0.717) is 11.1 Å². The van der Waals surface area contributed by atoms with Crippen molar-refractivity contribution in [3.05, 3.63) is 23.3 Å². The fourth-order valence-electron chi connectivity index (χ4n) is 2.30. The monoisotopic (exact) mass is 282 g/mol. The van der Waals surface area contributed by atoms with Gasteiger partial charge in [-0.25, -0.2) is 4.79 Å². The summed E-state index contributed by atoms with van der Waals surface area (Å²) in [7, 11) is 3.69. The van der Waals surface area contributed by atoms with E-state index in [2.05, 4.69) is 4.74 Å². The van der Waals surface area contributed by atoms with E-state index < -0.39 is 23.3 Å². The average Bonchev–Trinajstić information content (AvgIpc) is 2.92. The van der Waals surface area contributed by atoms with Crippen LogP contribution in [0.4, 0.5) is 0 Å². The van der Waals surface area contributed by atoms with Gasteiger partial charge in [0.15, 0.2) is 5.41 Å². The van der Waals surface area contributed by atoms with Gasteiger partial charge in [-0.2, -0.15) is 0 Å². The Labute approximate surface area is 117 Å². The molecule has 1 aliphatic rings. The van der Waals surface area contributed by atoms with Crippen LogP contribution < -0.4 is 0 Å². The molecule has 0 unspecified atom stereocenters. The smallest absolute Gasteiger partial charge is 0.337 e. The number of hydrogen-bond acceptors (Lipinski definition) is 6. The van der Waals surface area contributed by atoms with Crippen LogP contribution in [0, 0.1) is 5.41 Å². The molecule has 0 radical (unpaired) electrons. The maximum atomic E-state index is 11.9.